The number of morpholine rings is 1. The lowest BCUT2D eigenvalue weighted by Crippen LogP contribution is -2.40. The van der Waals surface area contributed by atoms with E-state index in [0.29, 0.717) is 12.6 Å². The largest absolute Gasteiger partial charge is 0.376 e. The number of aliphatic imine (C=N–C) groups is 1. The van der Waals surface area contributed by atoms with Crippen LogP contribution in [0.15, 0.2) is 41.4 Å². The Morgan fingerprint density at radius 3 is 2.86 bits per heavy atom. The number of guanidine groups is 1. The summed E-state index contributed by atoms with van der Waals surface area (Å²) in [7, 11) is 0. The molecule has 0 radical (unpaired) electrons. The molecule has 1 aliphatic heterocycles. The molecule has 1 aromatic carbocycles. The molecule has 0 spiro atoms. The summed E-state index contributed by atoms with van der Waals surface area (Å²) >= 11 is 1.82. The Hall–Kier alpha value is -1.89. The van der Waals surface area contributed by atoms with Crippen molar-refractivity contribution < 1.29 is 4.74 Å². The first-order valence-corrected chi connectivity index (χ1v) is 10.9. The fourth-order valence-corrected chi connectivity index (χ4v) is 4.21. The highest BCUT2D eigenvalue weighted by Gasteiger charge is 2.16. The highest BCUT2D eigenvalue weighted by Crippen LogP contribution is 2.15. The maximum Gasteiger partial charge on any atom is 0.191 e. The topological polar surface area (TPSA) is 48.9 Å². The van der Waals surface area contributed by atoms with Crippen molar-refractivity contribution in [2.24, 2.45) is 4.99 Å². The third kappa shape index (κ3) is 6.62. The zero-order valence-electron chi connectivity index (χ0n) is 17.2. The summed E-state index contributed by atoms with van der Waals surface area (Å²) in [5.74, 6) is 0.862. The van der Waals surface area contributed by atoms with Gasteiger partial charge in [0.1, 0.15) is 0 Å². The molecule has 1 fully saturated rings. The van der Waals surface area contributed by atoms with E-state index in [0.717, 1.165) is 45.3 Å². The summed E-state index contributed by atoms with van der Waals surface area (Å²) in [6.07, 6.45) is 0.322. The minimum absolute atomic E-state index is 0.322. The number of aryl methyl sites for hydroxylation is 1. The van der Waals surface area contributed by atoms with Crippen LogP contribution in [0.25, 0.3) is 0 Å². The molecule has 28 heavy (non-hydrogen) atoms. The molecule has 5 nitrogen and oxygen atoms in total. The lowest BCUT2D eigenvalue weighted by atomic mass is 10.1. The van der Waals surface area contributed by atoms with Crippen molar-refractivity contribution in [2.45, 2.75) is 46.5 Å². The molecular formula is C22H32N4OS. The second-order valence-corrected chi connectivity index (χ2v) is 8.67. The second-order valence-electron chi connectivity index (χ2n) is 7.30. The molecule has 0 saturated carbocycles. The smallest absolute Gasteiger partial charge is 0.191 e. The molecule has 3 rings (SSSR count). The van der Waals surface area contributed by atoms with E-state index in [1.165, 1.54) is 20.9 Å². The fourth-order valence-electron chi connectivity index (χ4n) is 3.38. The van der Waals surface area contributed by atoms with Gasteiger partial charge in [0.25, 0.3) is 0 Å². The van der Waals surface area contributed by atoms with Gasteiger partial charge in [-0.15, -0.1) is 11.3 Å². The molecular weight excluding hydrogens is 368 g/mol. The summed E-state index contributed by atoms with van der Waals surface area (Å²) in [4.78, 5) is 9.90. The minimum atomic E-state index is 0.322. The first-order valence-electron chi connectivity index (χ1n) is 10.1. The molecule has 2 N–H and O–H groups in total. The monoisotopic (exact) mass is 400 g/mol. The van der Waals surface area contributed by atoms with Crippen molar-refractivity contribution >= 4 is 17.3 Å². The van der Waals surface area contributed by atoms with Crippen LogP contribution < -0.4 is 10.6 Å². The fraction of sp³-hybridized carbons (Fsp3) is 0.500. The number of benzene rings is 1. The minimum Gasteiger partial charge on any atom is -0.376 e. The Kier molecular flexibility index (Phi) is 7.89. The summed E-state index contributed by atoms with van der Waals surface area (Å²) < 4.78 is 5.64. The predicted octanol–water partition coefficient (Wildman–Crippen LogP) is 3.53. The molecule has 6 heteroatoms. The molecule has 152 valence electrons. The van der Waals surface area contributed by atoms with Crippen LogP contribution in [0.2, 0.25) is 0 Å². The molecule has 1 unspecified atom stereocenters. The highest BCUT2D eigenvalue weighted by molar-refractivity contribution is 7.11. The van der Waals surface area contributed by atoms with Crippen LogP contribution in [0.3, 0.4) is 0 Å². The van der Waals surface area contributed by atoms with Crippen LogP contribution >= 0.6 is 11.3 Å². The Morgan fingerprint density at radius 2 is 2.11 bits per heavy atom. The summed E-state index contributed by atoms with van der Waals surface area (Å²) in [6, 6.07) is 13.1. The van der Waals surface area contributed by atoms with Crippen molar-refractivity contribution in [1.82, 2.24) is 15.5 Å². The highest BCUT2D eigenvalue weighted by atomic mass is 32.1. The number of thiophene rings is 1. The van der Waals surface area contributed by atoms with Gasteiger partial charge in [-0.3, -0.25) is 4.90 Å². The van der Waals surface area contributed by atoms with Crippen molar-refractivity contribution in [2.75, 3.05) is 26.2 Å². The van der Waals surface area contributed by atoms with Crippen LogP contribution in [0.1, 0.15) is 34.7 Å². The van der Waals surface area contributed by atoms with Gasteiger partial charge in [0, 0.05) is 35.9 Å². The third-order valence-electron chi connectivity index (χ3n) is 4.71. The molecule has 2 aromatic rings. The zero-order valence-corrected chi connectivity index (χ0v) is 18.0. The van der Waals surface area contributed by atoms with E-state index in [1.807, 2.05) is 11.3 Å². The molecule has 0 amide bonds. The van der Waals surface area contributed by atoms with E-state index in [1.54, 1.807) is 0 Å². The van der Waals surface area contributed by atoms with Crippen molar-refractivity contribution in [3.8, 4) is 0 Å². The van der Waals surface area contributed by atoms with Crippen molar-refractivity contribution in [3.63, 3.8) is 0 Å². The number of nitrogens with zero attached hydrogens (tertiary/aromatic N) is 2. The predicted molar refractivity (Wildman–Crippen MR) is 118 cm³/mol. The Balaban J connectivity index is 1.57. The van der Waals surface area contributed by atoms with E-state index in [4.69, 9.17) is 9.73 Å². The van der Waals surface area contributed by atoms with E-state index < -0.39 is 0 Å². The molecule has 1 aromatic heterocycles. The van der Waals surface area contributed by atoms with Crippen LogP contribution in [0, 0.1) is 6.92 Å². The number of hydrogen-bond donors (Lipinski definition) is 2. The summed E-state index contributed by atoms with van der Waals surface area (Å²) in [6.45, 7) is 12.5. The molecule has 2 heterocycles. The average Bonchev–Trinajstić information content (AvgIpc) is 3.10. The molecule has 0 bridgehead atoms. The number of ether oxygens (including phenoxy) is 1. The van der Waals surface area contributed by atoms with E-state index in [9.17, 15) is 0 Å². The average molecular weight is 401 g/mol. The number of rotatable bonds is 7. The quantitative estimate of drug-likeness (QED) is 0.551. The molecule has 1 saturated heterocycles. The van der Waals surface area contributed by atoms with Gasteiger partial charge in [-0.25, -0.2) is 4.99 Å². The van der Waals surface area contributed by atoms with Crippen molar-refractivity contribution in [1.29, 1.82) is 0 Å². The first-order chi connectivity index (χ1) is 13.6. The first kappa shape index (κ1) is 20.8. The second kappa shape index (κ2) is 10.6. The van der Waals surface area contributed by atoms with Crippen molar-refractivity contribution in [3.05, 3.63) is 57.3 Å². The molecule has 1 aliphatic rings. The Bertz CT molecular complexity index is 773. The van der Waals surface area contributed by atoms with Crippen LogP contribution in [-0.2, 0) is 24.4 Å². The van der Waals surface area contributed by atoms with Gasteiger partial charge >= 0.3 is 0 Å². The van der Waals surface area contributed by atoms with Gasteiger partial charge in [0.15, 0.2) is 5.96 Å². The van der Waals surface area contributed by atoms with Gasteiger partial charge < -0.3 is 15.4 Å². The van der Waals surface area contributed by atoms with Gasteiger partial charge in [0.05, 0.1) is 25.8 Å². The summed E-state index contributed by atoms with van der Waals surface area (Å²) in [5.41, 5.74) is 2.58. The Labute approximate surface area is 172 Å². The van der Waals surface area contributed by atoms with Crippen LogP contribution in [0.4, 0.5) is 0 Å². The SMILES string of the molecule is CCNC(=NCc1cccc(CN2CCOC(C)C2)c1)NCc1ccc(C)s1. The summed E-state index contributed by atoms with van der Waals surface area (Å²) in [5, 5.41) is 6.77. The third-order valence-corrected chi connectivity index (χ3v) is 5.71. The lowest BCUT2D eigenvalue weighted by Gasteiger charge is -2.31. The normalized spacial score (nSPS) is 18.2. The van der Waals surface area contributed by atoms with E-state index in [-0.39, 0.29) is 0 Å². The maximum atomic E-state index is 5.64. The van der Waals surface area contributed by atoms with Gasteiger partial charge in [-0.2, -0.15) is 0 Å². The standard InChI is InChI=1S/C22H32N4OS/c1-4-23-22(25-14-21-9-8-18(3)28-21)24-13-19-6-5-7-20(12-19)16-26-10-11-27-17(2)15-26/h5-9,12,17H,4,10-11,13-16H2,1-3H3,(H2,23,24,25). The Morgan fingerprint density at radius 1 is 1.25 bits per heavy atom. The van der Waals surface area contributed by atoms with Crippen LogP contribution in [-0.4, -0.2) is 43.2 Å². The molecule has 1 atom stereocenters. The molecule has 0 aliphatic carbocycles. The van der Waals surface area contributed by atoms with Crippen LogP contribution in [0.5, 0.6) is 0 Å². The van der Waals surface area contributed by atoms with E-state index in [2.05, 4.69) is 72.7 Å². The van der Waals surface area contributed by atoms with E-state index >= 15 is 0 Å². The van der Waals surface area contributed by atoms with Gasteiger partial charge in [0.2, 0.25) is 0 Å². The van der Waals surface area contributed by atoms with Gasteiger partial charge in [-0.05, 0) is 44.0 Å². The number of nitrogens with one attached hydrogen (secondary N) is 2. The zero-order chi connectivity index (χ0) is 19.8. The maximum absolute atomic E-state index is 5.64. The van der Waals surface area contributed by atoms with Gasteiger partial charge in [-0.1, -0.05) is 24.3 Å². The number of hydrogen-bond acceptors (Lipinski definition) is 4. The lowest BCUT2D eigenvalue weighted by molar-refractivity contribution is -0.0212.